The largest absolute Gasteiger partial charge is 0.396 e. The molecular formula is C13H11FN4O3. The number of nitro benzene ring substituents is 1. The third kappa shape index (κ3) is 3.11. The van der Waals surface area contributed by atoms with Gasteiger partial charge < -0.3 is 11.1 Å². The van der Waals surface area contributed by atoms with E-state index in [9.17, 15) is 19.3 Å². The van der Waals surface area contributed by atoms with E-state index in [4.69, 9.17) is 5.73 Å². The van der Waals surface area contributed by atoms with E-state index < -0.39 is 22.3 Å². The van der Waals surface area contributed by atoms with Gasteiger partial charge in [0.25, 0.3) is 11.6 Å². The van der Waals surface area contributed by atoms with Crippen LogP contribution in [0.25, 0.3) is 0 Å². The van der Waals surface area contributed by atoms with Crippen LogP contribution in [-0.2, 0) is 0 Å². The summed E-state index contributed by atoms with van der Waals surface area (Å²) in [5.74, 6) is -1.71. The number of aromatic nitrogens is 1. The van der Waals surface area contributed by atoms with Crippen molar-refractivity contribution in [2.24, 2.45) is 0 Å². The van der Waals surface area contributed by atoms with Crippen molar-refractivity contribution in [3.63, 3.8) is 0 Å². The molecule has 0 radical (unpaired) electrons. The van der Waals surface area contributed by atoms with Crippen LogP contribution in [0.3, 0.4) is 0 Å². The van der Waals surface area contributed by atoms with E-state index in [0.717, 1.165) is 11.6 Å². The molecule has 0 spiro atoms. The Morgan fingerprint density at radius 1 is 1.38 bits per heavy atom. The monoisotopic (exact) mass is 290 g/mol. The molecule has 0 saturated heterocycles. The number of rotatable bonds is 3. The van der Waals surface area contributed by atoms with E-state index >= 15 is 0 Å². The zero-order valence-corrected chi connectivity index (χ0v) is 11.0. The van der Waals surface area contributed by atoms with Gasteiger partial charge in [-0.15, -0.1) is 0 Å². The molecule has 1 aromatic carbocycles. The standard InChI is InChI=1S/C13H11FN4O3/c1-7-2-8(6-16-5-7)17-13(19)9-3-11(15)10(14)4-12(9)18(20)21/h2-6H,15H2,1H3,(H,17,19). The number of hydrogen-bond donors (Lipinski definition) is 2. The lowest BCUT2D eigenvalue weighted by molar-refractivity contribution is -0.385. The molecule has 0 unspecified atom stereocenters. The van der Waals surface area contributed by atoms with E-state index in [2.05, 4.69) is 10.3 Å². The lowest BCUT2D eigenvalue weighted by atomic mass is 10.1. The summed E-state index contributed by atoms with van der Waals surface area (Å²) < 4.78 is 13.3. The molecule has 1 heterocycles. The zero-order valence-electron chi connectivity index (χ0n) is 11.0. The van der Waals surface area contributed by atoms with Gasteiger partial charge in [-0.05, 0) is 24.6 Å². The van der Waals surface area contributed by atoms with Gasteiger partial charge in [0.2, 0.25) is 0 Å². The van der Waals surface area contributed by atoms with Crippen LogP contribution >= 0.6 is 0 Å². The lowest BCUT2D eigenvalue weighted by Gasteiger charge is -2.07. The second kappa shape index (κ2) is 5.53. The Kier molecular flexibility index (Phi) is 3.79. The average molecular weight is 290 g/mol. The second-order valence-corrected chi connectivity index (χ2v) is 4.35. The molecule has 3 N–H and O–H groups in total. The molecule has 0 bridgehead atoms. The van der Waals surface area contributed by atoms with Crippen molar-refractivity contribution < 1.29 is 14.1 Å². The summed E-state index contributed by atoms with van der Waals surface area (Å²) in [4.78, 5) is 26.0. The van der Waals surface area contributed by atoms with Gasteiger partial charge in [-0.25, -0.2) is 4.39 Å². The molecule has 108 valence electrons. The van der Waals surface area contributed by atoms with Crippen LogP contribution in [-0.4, -0.2) is 15.8 Å². The quantitative estimate of drug-likeness (QED) is 0.511. The first-order valence-electron chi connectivity index (χ1n) is 5.85. The van der Waals surface area contributed by atoms with E-state index in [0.29, 0.717) is 11.8 Å². The number of amides is 1. The SMILES string of the molecule is Cc1cncc(NC(=O)c2cc(N)c(F)cc2[N+](=O)[O-])c1. The van der Waals surface area contributed by atoms with Crippen molar-refractivity contribution in [2.45, 2.75) is 6.92 Å². The predicted octanol–water partition coefficient (Wildman–Crippen LogP) is 2.27. The van der Waals surface area contributed by atoms with Crippen LogP contribution in [0.4, 0.5) is 21.5 Å². The van der Waals surface area contributed by atoms with Crippen molar-refractivity contribution >= 4 is 23.0 Å². The molecule has 1 amide bonds. The number of benzene rings is 1. The Bertz CT molecular complexity index is 733. The van der Waals surface area contributed by atoms with Crippen LogP contribution in [0.1, 0.15) is 15.9 Å². The minimum Gasteiger partial charge on any atom is -0.396 e. The number of aryl methyl sites for hydroxylation is 1. The first-order valence-corrected chi connectivity index (χ1v) is 5.85. The van der Waals surface area contributed by atoms with Gasteiger partial charge in [0.05, 0.1) is 28.6 Å². The minimum absolute atomic E-state index is 0.319. The Balaban J connectivity index is 2.39. The summed E-state index contributed by atoms with van der Waals surface area (Å²) in [6.07, 6.45) is 2.98. The number of carbonyl (C=O) groups excluding carboxylic acids is 1. The molecule has 0 atom stereocenters. The van der Waals surface area contributed by atoms with Gasteiger partial charge in [-0.3, -0.25) is 19.9 Å². The van der Waals surface area contributed by atoms with Gasteiger partial charge >= 0.3 is 0 Å². The van der Waals surface area contributed by atoms with Crippen LogP contribution in [0.2, 0.25) is 0 Å². The van der Waals surface area contributed by atoms with Crippen LogP contribution in [0.15, 0.2) is 30.6 Å². The van der Waals surface area contributed by atoms with Crippen LogP contribution < -0.4 is 11.1 Å². The number of anilines is 2. The number of nitrogens with zero attached hydrogens (tertiary/aromatic N) is 2. The highest BCUT2D eigenvalue weighted by Gasteiger charge is 2.23. The van der Waals surface area contributed by atoms with Crippen molar-refractivity contribution in [2.75, 3.05) is 11.1 Å². The third-order valence-corrected chi connectivity index (χ3v) is 2.69. The zero-order chi connectivity index (χ0) is 15.6. The van der Waals surface area contributed by atoms with Crippen molar-refractivity contribution in [3.8, 4) is 0 Å². The maximum atomic E-state index is 13.3. The summed E-state index contributed by atoms with van der Waals surface area (Å²) in [5.41, 5.74) is 5.22. The van der Waals surface area contributed by atoms with Crippen LogP contribution in [0, 0.1) is 22.9 Å². The number of nitrogens with two attached hydrogens (primary N) is 1. The van der Waals surface area contributed by atoms with E-state index in [1.165, 1.54) is 6.20 Å². The normalized spacial score (nSPS) is 10.2. The Morgan fingerprint density at radius 3 is 2.71 bits per heavy atom. The molecule has 0 aliphatic heterocycles. The summed E-state index contributed by atoms with van der Waals surface area (Å²) in [5, 5.41) is 13.4. The number of nitrogens with one attached hydrogen (secondary N) is 1. The Labute approximate surface area is 118 Å². The average Bonchev–Trinajstić information content (AvgIpc) is 2.41. The number of hydrogen-bond acceptors (Lipinski definition) is 5. The van der Waals surface area contributed by atoms with E-state index in [1.54, 1.807) is 19.2 Å². The van der Waals surface area contributed by atoms with Crippen molar-refractivity contribution in [3.05, 3.63) is 57.7 Å². The molecule has 7 nitrogen and oxygen atoms in total. The number of halogens is 1. The smallest absolute Gasteiger partial charge is 0.285 e. The Hall–Kier alpha value is -3.03. The number of nitrogen functional groups attached to an aromatic ring is 1. The van der Waals surface area contributed by atoms with Crippen LogP contribution in [0.5, 0.6) is 0 Å². The highest BCUT2D eigenvalue weighted by atomic mass is 19.1. The first kappa shape index (κ1) is 14.4. The topological polar surface area (TPSA) is 111 Å². The fourth-order valence-corrected chi connectivity index (χ4v) is 1.73. The third-order valence-electron chi connectivity index (χ3n) is 2.69. The van der Waals surface area contributed by atoms with E-state index in [1.807, 2.05) is 0 Å². The van der Waals surface area contributed by atoms with Gasteiger partial charge in [0.1, 0.15) is 5.56 Å². The summed E-state index contributed by atoms with van der Waals surface area (Å²) >= 11 is 0. The molecule has 0 saturated carbocycles. The lowest BCUT2D eigenvalue weighted by Crippen LogP contribution is -2.15. The number of carbonyl (C=O) groups is 1. The maximum absolute atomic E-state index is 13.3. The van der Waals surface area contributed by atoms with Crippen molar-refractivity contribution in [1.29, 1.82) is 0 Å². The van der Waals surface area contributed by atoms with Gasteiger partial charge in [0, 0.05) is 6.20 Å². The minimum atomic E-state index is -0.949. The predicted molar refractivity (Wildman–Crippen MR) is 74.4 cm³/mol. The summed E-state index contributed by atoms with van der Waals surface area (Å²) in [6.45, 7) is 1.78. The molecule has 21 heavy (non-hydrogen) atoms. The fraction of sp³-hybridized carbons (Fsp3) is 0.0769. The molecule has 2 aromatic rings. The molecule has 0 fully saturated rings. The maximum Gasteiger partial charge on any atom is 0.285 e. The fourth-order valence-electron chi connectivity index (χ4n) is 1.73. The molecule has 0 aliphatic carbocycles. The van der Waals surface area contributed by atoms with E-state index in [-0.39, 0.29) is 11.3 Å². The Morgan fingerprint density at radius 2 is 2.10 bits per heavy atom. The molecule has 8 heteroatoms. The molecular weight excluding hydrogens is 279 g/mol. The molecule has 0 aliphatic rings. The molecule has 2 rings (SSSR count). The molecule has 1 aromatic heterocycles. The summed E-state index contributed by atoms with van der Waals surface area (Å²) in [6, 6.07) is 3.20. The first-order chi connectivity index (χ1) is 9.88. The highest BCUT2D eigenvalue weighted by molar-refractivity contribution is 6.07. The second-order valence-electron chi connectivity index (χ2n) is 4.35. The van der Waals surface area contributed by atoms with Gasteiger partial charge in [-0.2, -0.15) is 0 Å². The van der Waals surface area contributed by atoms with Crippen molar-refractivity contribution in [1.82, 2.24) is 4.98 Å². The summed E-state index contributed by atoms with van der Waals surface area (Å²) in [7, 11) is 0. The number of pyridine rings is 1. The number of nitro groups is 1. The van der Waals surface area contributed by atoms with Gasteiger partial charge in [0.15, 0.2) is 5.82 Å². The highest BCUT2D eigenvalue weighted by Crippen LogP contribution is 2.25. The van der Waals surface area contributed by atoms with Gasteiger partial charge in [-0.1, -0.05) is 0 Å².